The van der Waals surface area contributed by atoms with Crippen molar-refractivity contribution in [1.82, 2.24) is 5.32 Å². The van der Waals surface area contributed by atoms with Crippen LogP contribution in [0.3, 0.4) is 0 Å². The van der Waals surface area contributed by atoms with Crippen LogP contribution in [0, 0.1) is 0 Å². The monoisotopic (exact) mass is 181 g/mol. The summed E-state index contributed by atoms with van der Waals surface area (Å²) in [6.45, 7) is 0. The fourth-order valence-corrected chi connectivity index (χ4v) is 1.74. The molecule has 0 aliphatic heterocycles. The van der Waals surface area contributed by atoms with Crippen molar-refractivity contribution >= 4 is 5.91 Å². The minimum Gasteiger partial charge on any atom is -0.355 e. The molecule has 1 rings (SSSR count). The van der Waals surface area contributed by atoms with Crippen molar-refractivity contribution in [3.8, 4) is 0 Å². The predicted octanol–water partition coefficient (Wildman–Crippen LogP) is 2.40. The van der Waals surface area contributed by atoms with Crippen molar-refractivity contribution in [1.29, 1.82) is 0 Å². The van der Waals surface area contributed by atoms with Crippen molar-refractivity contribution in [2.45, 2.75) is 44.9 Å². The van der Waals surface area contributed by atoms with Crippen LogP contribution in [-0.4, -0.2) is 13.0 Å². The Kier molecular flexibility index (Phi) is 4.58. The molecule has 0 bridgehead atoms. The average molecular weight is 181 g/mol. The third kappa shape index (κ3) is 3.62. The van der Waals surface area contributed by atoms with Gasteiger partial charge >= 0.3 is 0 Å². The largest absolute Gasteiger partial charge is 0.355 e. The number of carbonyl (C=O) groups excluding carboxylic acids is 1. The summed E-state index contributed by atoms with van der Waals surface area (Å²) in [7, 11) is 1.70. The lowest BCUT2D eigenvalue weighted by molar-refractivity contribution is -0.117. The molecule has 0 saturated carbocycles. The van der Waals surface area contributed by atoms with E-state index in [-0.39, 0.29) is 5.91 Å². The van der Waals surface area contributed by atoms with Crippen molar-refractivity contribution in [3.63, 3.8) is 0 Å². The highest BCUT2D eigenvalue weighted by atomic mass is 16.1. The summed E-state index contributed by atoms with van der Waals surface area (Å²) in [6, 6.07) is 0. The van der Waals surface area contributed by atoms with Crippen molar-refractivity contribution in [3.05, 3.63) is 11.6 Å². The number of rotatable bonds is 1. The zero-order valence-electron chi connectivity index (χ0n) is 8.44. The van der Waals surface area contributed by atoms with Crippen LogP contribution in [0.1, 0.15) is 44.9 Å². The van der Waals surface area contributed by atoms with E-state index in [0.29, 0.717) is 0 Å². The lowest BCUT2D eigenvalue weighted by Gasteiger charge is -2.04. The van der Waals surface area contributed by atoms with Crippen molar-refractivity contribution in [2.75, 3.05) is 7.05 Å². The summed E-state index contributed by atoms with van der Waals surface area (Å²) in [4.78, 5) is 11.4. The molecule has 1 N–H and O–H groups in total. The van der Waals surface area contributed by atoms with Crippen LogP contribution in [0.4, 0.5) is 0 Å². The Morgan fingerprint density at radius 2 is 1.92 bits per heavy atom. The zero-order valence-corrected chi connectivity index (χ0v) is 8.44. The standard InChI is InChI=1S/C11H19NO/c1-12-11(13)10-8-6-4-2-3-5-7-9-10/h8H,2-7,9H2,1H3,(H,12,13). The number of hydrogen-bond acceptors (Lipinski definition) is 1. The van der Waals surface area contributed by atoms with Crippen molar-refractivity contribution in [2.24, 2.45) is 0 Å². The Morgan fingerprint density at radius 3 is 2.69 bits per heavy atom. The van der Waals surface area contributed by atoms with Crippen LogP contribution in [0.15, 0.2) is 11.6 Å². The molecule has 0 spiro atoms. The number of hydrogen-bond donors (Lipinski definition) is 1. The van der Waals surface area contributed by atoms with Crippen LogP contribution in [0.2, 0.25) is 0 Å². The van der Waals surface area contributed by atoms with E-state index < -0.39 is 0 Å². The average Bonchev–Trinajstić information content (AvgIpc) is 2.29. The maximum Gasteiger partial charge on any atom is 0.246 e. The van der Waals surface area contributed by atoms with E-state index in [0.717, 1.165) is 18.4 Å². The molecule has 0 aromatic rings. The van der Waals surface area contributed by atoms with Crippen LogP contribution in [0.25, 0.3) is 0 Å². The highest BCUT2D eigenvalue weighted by Gasteiger charge is 2.07. The fourth-order valence-electron chi connectivity index (χ4n) is 1.74. The summed E-state index contributed by atoms with van der Waals surface area (Å²) in [5.74, 6) is 0.113. The van der Waals surface area contributed by atoms with Gasteiger partial charge in [-0.25, -0.2) is 0 Å². The van der Waals surface area contributed by atoms with Gasteiger partial charge in [0, 0.05) is 12.6 Å². The number of amides is 1. The summed E-state index contributed by atoms with van der Waals surface area (Å²) in [6.07, 6.45) is 10.5. The second kappa shape index (κ2) is 5.79. The molecule has 0 aromatic carbocycles. The van der Waals surface area contributed by atoms with Gasteiger partial charge in [-0.2, -0.15) is 0 Å². The first-order chi connectivity index (χ1) is 6.34. The first kappa shape index (κ1) is 10.3. The summed E-state index contributed by atoms with van der Waals surface area (Å²) in [5, 5.41) is 2.70. The van der Waals surface area contributed by atoms with Gasteiger partial charge in [-0.05, 0) is 25.7 Å². The highest BCUT2D eigenvalue weighted by molar-refractivity contribution is 5.93. The molecule has 1 amide bonds. The molecule has 1 aliphatic rings. The molecule has 0 aromatic heterocycles. The minimum absolute atomic E-state index is 0.113. The molecule has 74 valence electrons. The molecular formula is C11H19NO. The van der Waals surface area contributed by atoms with Gasteiger partial charge in [0.25, 0.3) is 0 Å². The smallest absolute Gasteiger partial charge is 0.246 e. The quantitative estimate of drug-likeness (QED) is 0.661. The SMILES string of the molecule is CNC(=O)C1=CCCCCCCC1. The fraction of sp³-hybridized carbons (Fsp3) is 0.727. The Hall–Kier alpha value is -0.790. The molecular weight excluding hydrogens is 162 g/mol. The molecule has 0 saturated heterocycles. The highest BCUT2D eigenvalue weighted by Crippen LogP contribution is 2.16. The number of likely N-dealkylation sites (N-methyl/N-ethyl adjacent to an activating group) is 1. The van der Waals surface area contributed by atoms with E-state index in [4.69, 9.17) is 0 Å². The first-order valence-electron chi connectivity index (χ1n) is 5.25. The lowest BCUT2D eigenvalue weighted by atomic mass is 10.1. The van der Waals surface area contributed by atoms with E-state index >= 15 is 0 Å². The molecule has 0 atom stereocenters. The maximum absolute atomic E-state index is 11.4. The van der Waals surface area contributed by atoms with Crippen LogP contribution >= 0.6 is 0 Å². The van der Waals surface area contributed by atoms with E-state index in [1.807, 2.05) is 0 Å². The molecule has 0 unspecified atom stereocenters. The molecule has 0 heterocycles. The van der Waals surface area contributed by atoms with E-state index in [9.17, 15) is 4.79 Å². The molecule has 0 fully saturated rings. The van der Waals surface area contributed by atoms with E-state index in [1.54, 1.807) is 7.05 Å². The van der Waals surface area contributed by atoms with Gasteiger partial charge in [0.1, 0.15) is 0 Å². The maximum atomic E-state index is 11.4. The van der Waals surface area contributed by atoms with Gasteiger partial charge < -0.3 is 5.32 Å². The van der Waals surface area contributed by atoms with Crippen LogP contribution in [-0.2, 0) is 4.79 Å². The minimum atomic E-state index is 0.113. The molecule has 0 radical (unpaired) electrons. The lowest BCUT2D eigenvalue weighted by Crippen LogP contribution is -2.20. The predicted molar refractivity (Wildman–Crippen MR) is 54.5 cm³/mol. The summed E-state index contributed by atoms with van der Waals surface area (Å²) < 4.78 is 0. The topological polar surface area (TPSA) is 29.1 Å². The van der Waals surface area contributed by atoms with E-state index in [1.165, 1.54) is 32.1 Å². The second-order valence-corrected chi connectivity index (χ2v) is 3.61. The third-order valence-electron chi connectivity index (χ3n) is 2.56. The number of carbonyl (C=O) groups is 1. The Labute approximate surface area is 80.4 Å². The summed E-state index contributed by atoms with van der Waals surface area (Å²) >= 11 is 0. The second-order valence-electron chi connectivity index (χ2n) is 3.61. The van der Waals surface area contributed by atoms with Crippen LogP contribution < -0.4 is 5.32 Å². The van der Waals surface area contributed by atoms with Crippen LogP contribution in [0.5, 0.6) is 0 Å². The van der Waals surface area contributed by atoms with Gasteiger partial charge in [-0.15, -0.1) is 0 Å². The third-order valence-corrected chi connectivity index (χ3v) is 2.56. The first-order valence-corrected chi connectivity index (χ1v) is 5.25. The molecule has 13 heavy (non-hydrogen) atoms. The number of allylic oxidation sites excluding steroid dienone is 1. The van der Waals surface area contributed by atoms with Gasteiger partial charge in [-0.1, -0.05) is 25.3 Å². The normalized spacial score (nSPS) is 19.3. The number of nitrogens with one attached hydrogen (secondary N) is 1. The molecule has 2 nitrogen and oxygen atoms in total. The Bertz CT molecular complexity index is 196. The van der Waals surface area contributed by atoms with Gasteiger partial charge in [0.05, 0.1) is 0 Å². The van der Waals surface area contributed by atoms with Gasteiger partial charge in [-0.3, -0.25) is 4.79 Å². The molecule has 1 aliphatic carbocycles. The zero-order chi connectivity index (χ0) is 9.52. The van der Waals surface area contributed by atoms with Gasteiger partial charge in [0.2, 0.25) is 5.91 Å². The molecule has 2 heteroatoms. The Morgan fingerprint density at radius 1 is 1.23 bits per heavy atom. The van der Waals surface area contributed by atoms with Crippen molar-refractivity contribution < 1.29 is 4.79 Å². The van der Waals surface area contributed by atoms with E-state index in [2.05, 4.69) is 11.4 Å². The summed E-state index contributed by atoms with van der Waals surface area (Å²) in [5.41, 5.74) is 0.990. The Balaban J connectivity index is 2.51. The van der Waals surface area contributed by atoms with Gasteiger partial charge in [0.15, 0.2) is 0 Å².